The number of fused-ring (bicyclic) bond motifs is 1. The first-order valence-electron chi connectivity index (χ1n) is 11.6. The van der Waals surface area contributed by atoms with Gasteiger partial charge in [0, 0.05) is 37.3 Å². The summed E-state index contributed by atoms with van der Waals surface area (Å²) < 4.78 is 17.3. The van der Waals surface area contributed by atoms with Crippen molar-refractivity contribution in [2.24, 2.45) is 17.1 Å². The van der Waals surface area contributed by atoms with Crippen LogP contribution in [0.5, 0.6) is 0 Å². The molecule has 1 saturated heterocycles. The van der Waals surface area contributed by atoms with Crippen molar-refractivity contribution in [2.75, 3.05) is 25.1 Å². The van der Waals surface area contributed by atoms with E-state index in [0.717, 1.165) is 18.5 Å². The monoisotopic (exact) mass is 479 g/mol. The first-order valence-corrected chi connectivity index (χ1v) is 11.6. The lowest BCUT2D eigenvalue weighted by molar-refractivity contribution is -0.134. The number of nitrogens with zero attached hydrogens (tertiary/aromatic N) is 7. The molecule has 1 saturated carbocycles. The predicted octanol–water partition coefficient (Wildman–Crippen LogP) is 1.61. The molecule has 35 heavy (non-hydrogen) atoms. The highest BCUT2D eigenvalue weighted by molar-refractivity contribution is 6.01. The zero-order valence-corrected chi connectivity index (χ0v) is 19.3. The number of aromatic nitrogens is 5. The molecule has 5 rings (SSSR count). The van der Waals surface area contributed by atoms with Gasteiger partial charge in [0.1, 0.15) is 5.41 Å². The van der Waals surface area contributed by atoms with Crippen molar-refractivity contribution in [3.05, 3.63) is 30.4 Å². The van der Waals surface area contributed by atoms with Gasteiger partial charge >= 0.3 is 0 Å². The standard InChI is InChI=1S/C23H26FN9O2/c1-2-5-32-10-15(7-27-32)18-12-33-21(30-18)19(16(8-28-33)20(26)34)29-17-11-31(9-14(17)6-24)22(35)23(13-25)3-4-23/h7-8,10,12,14,17,29H,2-6,9,11H2,1H3,(H2,26,34)/t14-,17+/m0/s1. The summed E-state index contributed by atoms with van der Waals surface area (Å²) in [7, 11) is 0. The van der Waals surface area contributed by atoms with E-state index in [-0.39, 0.29) is 24.6 Å². The SMILES string of the molecule is CCCn1cc(-c2cn3ncc(C(N)=O)c(N[C@@H]4CN(C(=O)C5(C#N)CC5)C[C@@H]4CF)c3n2)cn1. The Kier molecular flexibility index (Phi) is 5.62. The van der Waals surface area contributed by atoms with Crippen LogP contribution in [-0.4, -0.2) is 66.9 Å². The number of nitrogens with two attached hydrogens (primary N) is 1. The van der Waals surface area contributed by atoms with Gasteiger partial charge in [0.05, 0.1) is 54.3 Å². The molecule has 182 valence electrons. The van der Waals surface area contributed by atoms with Gasteiger partial charge in [-0.15, -0.1) is 0 Å². The normalized spacial score (nSPS) is 20.7. The fourth-order valence-corrected chi connectivity index (χ4v) is 4.59. The van der Waals surface area contributed by atoms with Gasteiger partial charge in [0.15, 0.2) is 5.65 Å². The van der Waals surface area contributed by atoms with E-state index in [1.165, 1.54) is 10.7 Å². The van der Waals surface area contributed by atoms with Crippen molar-refractivity contribution in [3.63, 3.8) is 0 Å². The lowest BCUT2D eigenvalue weighted by Gasteiger charge is -2.21. The molecule has 4 heterocycles. The van der Waals surface area contributed by atoms with E-state index in [2.05, 4.69) is 33.5 Å². The molecule has 3 aromatic rings. The molecule has 0 unspecified atom stereocenters. The van der Waals surface area contributed by atoms with E-state index in [9.17, 15) is 19.2 Å². The average Bonchev–Trinajstić information content (AvgIpc) is 3.15. The Hall–Kier alpha value is -4.01. The van der Waals surface area contributed by atoms with Gasteiger partial charge in [-0.3, -0.25) is 18.7 Å². The molecule has 3 N–H and O–H groups in total. The molecule has 0 radical (unpaired) electrons. The Labute approximate surface area is 200 Å². The van der Waals surface area contributed by atoms with Gasteiger partial charge in [-0.1, -0.05) is 6.92 Å². The number of alkyl halides is 1. The number of hydrogen-bond donors (Lipinski definition) is 2. The van der Waals surface area contributed by atoms with Crippen LogP contribution in [-0.2, 0) is 11.3 Å². The summed E-state index contributed by atoms with van der Waals surface area (Å²) in [6.07, 6.45) is 8.66. The highest BCUT2D eigenvalue weighted by Crippen LogP contribution is 2.47. The molecular weight excluding hydrogens is 453 g/mol. The molecule has 2 aliphatic rings. The Balaban J connectivity index is 1.48. The van der Waals surface area contributed by atoms with Crippen LogP contribution in [0.25, 0.3) is 16.9 Å². The van der Waals surface area contributed by atoms with Crippen molar-refractivity contribution in [1.29, 1.82) is 5.26 Å². The third-order valence-corrected chi connectivity index (χ3v) is 6.77. The quantitative estimate of drug-likeness (QED) is 0.499. The summed E-state index contributed by atoms with van der Waals surface area (Å²) in [5.74, 6) is -1.47. The molecule has 0 spiro atoms. The maximum absolute atomic E-state index is 14.0. The number of hydrogen-bond acceptors (Lipinski definition) is 7. The van der Waals surface area contributed by atoms with Crippen molar-refractivity contribution in [2.45, 2.75) is 38.8 Å². The fourth-order valence-electron chi connectivity index (χ4n) is 4.59. The van der Waals surface area contributed by atoms with E-state index in [1.807, 2.05) is 10.9 Å². The largest absolute Gasteiger partial charge is 0.376 e. The second kappa shape index (κ2) is 8.65. The fraction of sp³-hybridized carbons (Fsp3) is 0.478. The molecule has 2 fully saturated rings. The zero-order chi connectivity index (χ0) is 24.7. The molecule has 0 aromatic carbocycles. The first kappa shape index (κ1) is 22.8. The molecule has 3 aromatic heterocycles. The number of nitriles is 1. The minimum absolute atomic E-state index is 0.120. The Bertz CT molecular complexity index is 1340. The molecule has 12 heteroatoms. The zero-order valence-electron chi connectivity index (χ0n) is 19.3. The number of likely N-dealkylation sites (tertiary alicyclic amines) is 1. The van der Waals surface area contributed by atoms with Crippen LogP contribution in [0.15, 0.2) is 24.8 Å². The molecular formula is C23H26FN9O2. The number of imidazole rings is 1. The summed E-state index contributed by atoms with van der Waals surface area (Å²) in [5, 5.41) is 21.2. The van der Waals surface area contributed by atoms with Crippen LogP contribution in [0.1, 0.15) is 36.5 Å². The third-order valence-electron chi connectivity index (χ3n) is 6.77. The Morgan fingerprint density at radius 1 is 1.29 bits per heavy atom. The molecule has 0 bridgehead atoms. The lowest BCUT2D eigenvalue weighted by Crippen LogP contribution is -2.36. The molecule has 2 atom stereocenters. The molecule has 1 aliphatic heterocycles. The highest BCUT2D eigenvalue weighted by Gasteiger charge is 2.54. The smallest absolute Gasteiger partial charge is 0.252 e. The number of carbonyl (C=O) groups excluding carboxylic acids is 2. The summed E-state index contributed by atoms with van der Waals surface area (Å²) in [6.45, 7) is 2.58. The molecule has 11 nitrogen and oxygen atoms in total. The van der Waals surface area contributed by atoms with Crippen LogP contribution >= 0.6 is 0 Å². The number of primary amides is 1. The van der Waals surface area contributed by atoms with Gasteiger partial charge in [0.25, 0.3) is 5.91 Å². The second-order valence-corrected chi connectivity index (χ2v) is 9.25. The van der Waals surface area contributed by atoms with Crippen LogP contribution in [0.2, 0.25) is 0 Å². The summed E-state index contributed by atoms with van der Waals surface area (Å²) in [5.41, 5.74) is 6.86. The number of anilines is 1. The van der Waals surface area contributed by atoms with Crippen LogP contribution in [0.4, 0.5) is 10.1 Å². The maximum Gasteiger partial charge on any atom is 0.252 e. The minimum atomic E-state index is -0.974. The van der Waals surface area contributed by atoms with Gasteiger partial charge < -0.3 is 16.0 Å². The van der Waals surface area contributed by atoms with Crippen molar-refractivity contribution >= 4 is 23.1 Å². The number of rotatable bonds is 8. The summed E-state index contributed by atoms with van der Waals surface area (Å²) in [6, 6.07) is 1.62. The predicted molar refractivity (Wildman–Crippen MR) is 124 cm³/mol. The van der Waals surface area contributed by atoms with Gasteiger partial charge in [0.2, 0.25) is 5.91 Å². The summed E-state index contributed by atoms with van der Waals surface area (Å²) in [4.78, 5) is 31.3. The van der Waals surface area contributed by atoms with E-state index >= 15 is 0 Å². The number of nitrogens with one attached hydrogen (secondary N) is 1. The Morgan fingerprint density at radius 3 is 2.74 bits per heavy atom. The minimum Gasteiger partial charge on any atom is -0.376 e. The van der Waals surface area contributed by atoms with Gasteiger partial charge in [-0.2, -0.15) is 15.5 Å². The number of carbonyl (C=O) groups is 2. The summed E-state index contributed by atoms with van der Waals surface area (Å²) >= 11 is 0. The third kappa shape index (κ3) is 3.96. The lowest BCUT2D eigenvalue weighted by atomic mass is 10.0. The van der Waals surface area contributed by atoms with Crippen LogP contribution in [0.3, 0.4) is 0 Å². The number of halogens is 1. The van der Waals surface area contributed by atoms with E-state index in [1.54, 1.807) is 17.3 Å². The van der Waals surface area contributed by atoms with Gasteiger partial charge in [-0.25, -0.2) is 9.50 Å². The van der Waals surface area contributed by atoms with E-state index < -0.39 is 30.0 Å². The number of amides is 2. The average molecular weight is 480 g/mol. The van der Waals surface area contributed by atoms with Crippen molar-refractivity contribution in [1.82, 2.24) is 29.3 Å². The molecule has 1 aliphatic carbocycles. The first-order chi connectivity index (χ1) is 16.9. The molecule has 2 amide bonds. The topological polar surface area (TPSA) is 147 Å². The Morgan fingerprint density at radius 2 is 2.09 bits per heavy atom. The van der Waals surface area contributed by atoms with E-state index in [0.29, 0.717) is 29.9 Å². The number of aryl methyl sites for hydroxylation is 1. The van der Waals surface area contributed by atoms with Gasteiger partial charge in [-0.05, 0) is 19.3 Å². The van der Waals surface area contributed by atoms with Crippen LogP contribution in [0, 0.1) is 22.7 Å². The van der Waals surface area contributed by atoms with Crippen molar-refractivity contribution < 1.29 is 14.0 Å². The highest BCUT2D eigenvalue weighted by atomic mass is 19.1. The van der Waals surface area contributed by atoms with Crippen LogP contribution < -0.4 is 11.1 Å². The second-order valence-electron chi connectivity index (χ2n) is 9.25. The van der Waals surface area contributed by atoms with Crippen molar-refractivity contribution in [3.8, 4) is 17.3 Å². The maximum atomic E-state index is 14.0. The van der Waals surface area contributed by atoms with E-state index in [4.69, 9.17) is 5.73 Å².